The van der Waals surface area contributed by atoms with Gasteiger partial charge in [0.2, 0.25) is 0 Å². The van der Waals surface area contributed by atoms with E-state index in [1.807, 2.05) is 12.1 Å². The number of rotatable bonds is 1. The van der Waals surface area contributed by atoms with Crippen molar-refractivity contribution in [2.45, 2.75) is 13.1 Å². The van der Waals surface area contributed by atoms with Gasteiger partial charge in [-0.1, -0.05) is 24.3 Å². The number of fused-ring (bicyclic) bond motifs is 1. The second-order valence-corrected chi connectivity index (χ2v) is 4.10. The molecule has 0 aromatic heterocycles. The number of halogens is 1. The number of anilines is 1. The molecule has 0 fully saturated rings. The van der Waals surface area contributed by atoms with Crippen LogP contribution in [-0.4, -0.2) is 0 Å². The summed E-state index contributed by atoms with van der Waals surface area (Å²) in [6, 6.07) is 15.1. The third-order valence-electron chi connectivity index (χ3n) is 3.03. The zero-order valence-corrected chi connectivity index (χ0v) is 8.86. The van der Waals surface area contributed by atoms with Crippen LogP contribution in [0, 0.1) is 5.82 Å². The summed E-state index contributed by atoms with van der Waals surface area (Å²) in [5, 5.41) is 0. The Morgan fingerprint density at radius 2 is 1.38 bits per heavy atom. The Labute approximate surface area is 94.1 Å². The molecule has 1 aliphatic heterocycles. The average Bonchev–Trinajstić information content (AvgIpc) is 2.73. The van der Waals surface area contributed by atoms with Gasteiger partial charge in [0.15, 0.2) is 0 Å². The van der Waals surface area contributed by atoms with E-state index in [0.29, 0.717) is 0 Å². The summed E-state index contributed by atoms with van der Waals surface area (Å²) in [5.41, 5.74) is 3.82. The molecule has 1 aliphatic rings. The van der Waals surface area contributed by atoms with Gasteiger partial charge in [0.05, 0.1) is 0 Å². The van der Waals surface area contributed by atoms with Gasteiger partial charge in [0.1, 0.15) is 5.82 Å². The molecule has 16 heavy (non-hydrogen) atoms. The fourth-order valence-corrected chi connectivity index (χ4v) is 2.17. The Morgan fingerprint density at radius 3 is 1.94 bits per heavy atom. The second-order valence-electron chi connectivity index (χ2n) is 4.10. The fraction of sp³-hybridized carbons (Fsp3) is 0.143. The molecule has 0 N–H and O–H groups in total. The molecule has 2 aromatic rings. The van der Waals surface area contributed by atoms with Crippen molar-refractivity contribution in [2.24, 2.45) is 0 Å². The van der Waals surface area contributed by atoms with Gasteiger partial charge in [-0.2, -0.15) is 0 Å². The van der Waals surface area contributed by atoms with Gasteiger partial charge >= 0.3 is 0 Å². The van der Waals surface area contributed by atoms with E-state index in [-0.39, 0.29) is 5.82 Å². The average molecular weight is 213 g/mol. The van der Waals surface area contributed by atoms with E-state index in [4.69, 9.17) is 0 Å². The molecule has 0 bridgehead atoms. The van der Waals surface area contributed by atoms with Gasteiger partial charge in [-0.3, -0.25) is 0 Å². The summed E-state index contributed by atoms with van der Waals surface area (Å²) in [6.07, 6.45) is 0. The van der Waals surface area contributed by atoms with Gasteiger partial charge < -0.3 is 4.90 Å². The Bertz CT molecular complexity index is 479. The predicted molar refractivity (Wildman–Crippen MR) is 62.7 cm³/mol. The first kappa shape index (κ1) is 9.40. The highest BCUT2D eigenvalue weighted by atomic mass is 19.1. The van der Waals surface area contributed by atoms with Gasteiger partial charge in [0.25, 0.3) is 0 Å². The lowest BCUT2D eigenvalue weighted by molar-refractivity contribution is 0.627. The highest BCUT2D eigenvalue weighted by Gasteiger charge is 2.18. The molecule has 0 saturated carbocycles. The highest BCUT2D eigenvalue weighted by Crippen LogP contribution is 2.27. The first-order valence-electron chi connectivity index (χ1n) is 5.40. The molecule has 0 aliphatic carbocycles. The van der Waals surface area contributed by atoms with Crippen LogP contribution < -0.4 is 4.90 Å². The number of nitrogens with zero attached hydrogens (tertiary/aromatic N) is 1. The topological polar surface area (TPSA) is 3.24 Å². The van der Waals surface area contributed by atoms with Crippen molar-refractivity contribution in [1.82, 2.24) is 0 Å². The van der Waals surface area contributed by atoms with Crippen LogP contribution in [0.1, 0.15) is 11.1 Å². The molecule has 1 nitrogen and oxygen atoms in total. The van der Waals surface area contributed by atoms with E-state index in [0.717, 1.165) is 18.8 Å². The summed E-state index contributed by atoms with van der Waals surface area (Å²) in [6.45, 7) is 1.84. The van der Waals surface area contributed by atoms with E-state index in [1.165, 1.54) is 23.3 Å². The number of hydrogen-bond donors (Lipinski definition) is 0. The van der Waals surface area contributed by atoms with Gasteiger partial charge in [-0.05, 0) is 35.4 Å². The van der Waals surface area contributed by atoms with Crippen LogP contribution in [0.15, 0.2) is 48.5 Å². The monoisotopic (exact) mass is 213 g/mol. The molecule has 80 valence electrons. The number of hydrogen-bond acceptors (Lipinski definition) is 1. The molecule has 1 heterocycles. The summed E-state index contributed by atoms with van der Waals surface area (Å²) in [4.78, 5) is 2.25. The van der Waals surface area contributed by atoms with E-state index in [2.05, 4.69) is 29.2 Å². The third-order valence-corrected chi connectivity index (χ3v) is 3.03. The molecule has 0 atom stereocenters. The van der Waals surface area contributed by atoms with Crippen LogP contribution >= 0.6 is 0 Å². The predicted octanol–water partition coefficient (Wildman–Crippen LogP) is 3.35. The van der Waals surface area contributed by atoms with Gasteiger partial charge in [-0.15, -0.1) is 0 Å². The second kappa shape index (κ2) is 3.63. The zero-order valence-electron chi connectivity index (χ0n) is 8.86. The molecule has 0 saturated heterocycles. The Hall–Kier alpha value is -1.83. The van der Waals surface area contributed by atoms with E-state index in [9.17, 15) is 4.39 Å². The molecule has 0 amide bonds. The molecule has 2 aromatic carbocycles. The van der Waals surface area contributed by atoms with Crippen molar-refractivity contribution in [1.29, 1.82) is 0 Å². The molecule has 2 heteroatoms. The molecular weight excluding hydrogens is 201 g/mol. The Kier molecular flexibility index (Phi) is 2.13. The molecular formula is C14H12FN. The quantitative estimate of drug-likeness (QED) is 0.702. The van der Waals surface area contributed by atoms with Crippen molar-refractivity contribution in [2.75, 3.05) is 4.90 Å². The SMILES string of the molecule is Fc1ccc(N2Cc3ccccc3C2)cc1. The van der Waals surface area contributed by atoms with Crippen LogP contribution in [0.2, 0.25) is 0 Å². The first-order valence-corrected chi connectivity index (χ1v) is 5.40. The molecule has 0 spiro atoms. The van der Waals surface area contributed by atoms with Crippen LogP contribution in [0.3, 0.4) is 0 Å². The molecule has 0 unspecified atom stereocenters. The lowest BCUT2D eigenvalue weighted by atomic mass is 10.1. The standard InChI is InChI=1S/C14H12FN/c15-13-5-7-14(8-6-13)16-9-11-3-1-2-4-12(11)10-16/h1-8H,9-10H2. The van der Waals surface area contributed by atoms with Crippen LogP contribution in [0.4, 0.5) is 10.1 Å². The van der Waals surface area contributed by atoms with Crippen molar-refractivity contribution in [3.8, 4) is 0 Å². The van der Waals surface area contributed by atoms with Crippen molar-refractivity contribution >= 4 is 5.69 Å². The van der Waals surface area contributed by atoms with Crippen molar-refractivity contribution < 1.29 is 4.39 Å². The van der Waals surface area contributed by atoms with E-state index < -0.39 is 0 Å². The minimum absolute atomic E-state index is 0.180. The molecule has 3 rings (SSSR count). The maximum absolute atomic E-state index is 12.8. The smallest absolute Gasteiger partial charge is 0.123 e. The fourth-order valence-electron chi connectivity index (χ4n) is 2.17. The maximum Gasteiger partial charge on any atom is 0.123 e. The normalized spacial score (nSPS) is 13.9. The van der Waals surface area contributed by atoms with Gasteiger partial charge in [-0.25, -0.2) is 4.39 Å². The largest absolute Gasteiger partial charge is 0.363 e. The highest BCUT2D eigenvalue weighted by molar-refractivity contribution is 5.51. The van der Waals surface area contributed by atoms with Crippen molar-refractivity contribution in [3.63, 3.8) is 0 Å². The van der Waals surface area contributed by atoms with E-state index in [1.54, 1.807) is 0 Å². The zero-order chi connectivity index (χ0) is 11.0. The minimum atomic E-state index is -0.180. The van der Waals surface area contributed by atoms with E-state index >= 15 is 0 Å². The maximum atomic E-state index is 12.8. The lowest BCUT2D eigenvalue weighted by Crippen LogP contribution is -2.14. The van der Waals surface area contributed by atoms with Crippen LogP contribution in [-0.2, 0) is 13.1 Å². The summed E-state index contributed by atoms with van der Waals surface area (Å²) < 4.78 is 12.8. The summed E-state index contributed by atoms with van der Waals surface area (Å²) >= 11 is 0. The van der Waals surface area contributed by atoms with Crippen LogP contribution in [0.25, 0.3) is 0 Å². The first-order chi connectivity index (χ1) is 7.83. The van der Waals surface area contributed by atoms with Crippen LogP contribution in [0.5, 0.6) is 0 Å². The molecule has 0 radical (unpaired) electrons. The van der Waals surface area contributed by atoms with Gasteiger partial charge in [0, 0.05) is 18.8 Å². The minimum Gasteiger partial charge on any atom is -0.363 e. The van der Waals surface area contributed by atoms with Crippen molar-refractivity contribution in [3.05, 3.63) is 65.5 Å². The number of benzene rings is 2. The summed E-state index contributed by atoms with van der Waals surface area (Å²) in [7, 11) is 0. The summed E-state index contributed by atoms with van der Waals surface area (Å²) in [5.74, 6) is -0.180. The Balaban J connectivity index is 1.88. The third kappa shape index (κ3) is 1.56. The lowest BCUT2D eigenvalue weighted by Gasteiger charge is -2.17. The Morgan fingerprint density at radius 1 is 0.812 bits per heavy atom.